The molecule has 1 aliphatic heterocycles. The van der Waals surface area contributed by atoms with Crippen LogP contribution in [0.25, 0.3) is 22.3 Å². The Morgan fingerprint density at radius 2 is 1.64 bits per heavy atom. The molecule has 0 amide bonds. The highest BCUT2D eigenvalue weighted by Gasteiger charge is 2.35. The summed E-state index contributed by atoms with van der Waals surface area (Å²) in [6.07, 6.45) is 7.11. The minimum absolute atomic E-state index is 0.0773. The van der Waals surface area contributed by atoms with Gasteiger partial charge in [-0.1, -0.05) is 68.5 Å². The SMILES string of the molecule is CC1(C)c2ccccc2-c2cc(-c3ccc4c(c3)C3CCC=CC3N4)ccc21. The van der Waals surface area contributed by atoms with E-state index >= 15 is 0 Å². The van der Waals surface area contributed by atoms with Crippen LogP contribution in [0.3, 0.4) is 0 Å². The van der Waals surface area contributed by atoms with Gasteiger partial charge in [-0.2, -0.15) is 0 Å². The Balaban J connectivity index is 1.47. The number of hydrogen-bond acceptors (Lipinski definition) is 1. The van der Waals surface area contributed by atoms with Crippen LogP contribution in [0.5, 0.6) is 0 Å². The molecule has 28 heavy (non-hydrogen) atoms. The molecule has 0 radical (unpaired) electrons. The lowest BCUT2D eigenvalue weighted by atomic mass is 9.82. The van der Waals surface area contributed by atoms with Crippen molar-refractivity contribution in [3.05, 3.63) is 89.5 Å². The fourth-order valence-electron chi connectivity index (χ4n) is 5.59. The minimum atomic E-state index is 0.0773. The van der Waals surface area contributed by atoms with Gasteiger partial charge in [0.25, 0.3) is 0 Å². The maximum atomic E-state index is 3.69. The Kier molecular flexibility index (Phi) is 3.24. The molecule has 0 bridgehead atoms. The normalized spacial score (nSPS) is 22.8. The van der Waals surface area contributed by atoms with Gasteiger partial charge < -0.3 is 5.32 Å². The average Bonchev–Trinajstić information content (AvgIpc) is 3.21. The van der Waals surface area contributed by atoms with Gasteiger partial charge in [0, 0.05) is 17.0 Å². The number of hydrogen-bond donors (Lipinski definition) is 1. The van der Waals surface area contributed by atoms with Crippen LogP contribution in [-0.4, -0.2) is 6.04 Å². The lowest BCUT2D eigenvalue weighted by Crippen LogP contribution is -2.19. The van der Waals surface area contributed by atoms with Gasteiger partial charge >= 0.3 is 0 Å². The predicted molar refractivity (Wildman–Crippen MR) is 118 cm³/mol. The molecule has 0 spiro atoms. The second-order valence-electron chi connectivity index (χ2n) is 9.02. The van der Waals surface area contributed by atoms with Crippen LogP contribution >= 0.6 is 0 Å². The maximum absolute atomic E-state index is 3.69. The van der Waals surface area contributed by atoms with Gasteiger partial charge in [-0.15, -0.1) is 0 Å². The summed E-state index contributed by atoms with van der Waals surface area (Å²) in [5.74, 6) is 0.619. The number of allylic oxidation sites excluding steroid dienone is 1. The summed E-state index contributed by atoms with van der Waals surface area (Å²) >= 11 is 0. The van der Waals surface area contributed by atoms with Crippen LogP contribution in [0.2, 0.25) is 0 Å². The summed E-state index contributed by atoms with van der Waals surface area (Å²) in [5.41, 5.74) is 11.2. The highest BCUT2D eigenvalue weighted by atomic mass is 15.0. The molecular formula is C27H25N. The van der Waals surface area contributed by atoms with Crippen LogP contribution in [0.1, 0.15) is 49.3 Å². The number of rotatable bonds is 1. The number of anilines is 1. The average molecular weight is 364 g/mol. The maximum Gasteiger partial charge on any atom is 0.0514 e. The summed E-state index contributed by atoms with van der Waals surface area (Å²) in [5, 5.41) is 3.69. The fraction of sp³-hybridized carbons (Fsp3) is 0.259. The number of benzene rings is 3. The second kappa shape index (κ2) is 5.61. The first-order valence-corrected chi connectivity index (χ1v) is 10.4. The van der Waals surface area contributed by atoms with Crippen LogP contribution in [0.4, 0.5) is 5.69 Å². The molecule has 1 N–H and O–H groups in total. The Morgan fingerprint density at radius 3 is 2.57 bits per heavy atom. The van der Waals surface area contributed by atoms with Gasteiger partial charge in [0.15, 0.2) is 0 Å². The molecule has 0 saturated heterocycles. The minimum Gasteiger partial charge on any atom is -0.378 e. The molecule has 2 atom stereocenters. The Morgan fingerprint density at radius 1 is 0.857 bits per heavy atom. The molecule has 1 nitrogen and oxygen atoms in total. The molecule has 6 rings (SSSR count). The quantitative estimate of drug-likeness (QED) is 0.464. The first kappa shape index (κ1) is 16.2. The molecule has 0 saturated carbocycles. The van der Waals surface area contributed by atoms with E-state index in [9.17, 15) is 0 Å². The third-order valence-corrected chi connectivity index (χ3v) is 7.11. The van der Waals surface area contributed by atoms with E-state index in [2.05, 4.69) is 92.0 Å². The van der Waals surface area contributed by atoms with Gasteiger partial charge in [-0.3, -0.25) is 0 Å². The van der Waals surface area contributed by atoms with Crippen molar-refractivity contribution < 1.29 is 0 Å². The molecular weight excluding hydrogens is 338 g/mol. The van der Waals surface area contributed by atoms with Crippen molar-refractivity contribution in [2.24, 2.45) is 0 Å². The molecule has 2 aliphatic carbocycles. The van der Waals surface area contributed by atoms with E-state index in [4.69, 9.17) is 0 Å². The number of fused-ring (bicyclic) bond motifs is 6. The van der Waals surface area contributed by atoms with E-state index in [0.29, 0.717) is 12.0 Å². The van der Waals surface area contributed by atoms with Crippen molar-refractivity contribution in [2.45, 2.75) is 44.1 Å². The largest absolute Gasteiger partial charge is 0.378 e. The van der Waals surface area contributed by atoms with E-state index < -0.39 is 0 Å². The highest BCUT2D eigenvalue weighted by Crippen LogP contribution is 2.50. The lowest BCUT2D eigenvalue weighted by molar-refractivity contribution is 0.598. The Labute approximate surface area is 167 Å². The van der Waals surface area contributed by atoms with Crippen molar-refractivity contribution in [3.63, 3.8) is 0 Å². The zero-order valence-corrected chi connectivity index (χ0v) is 16.5. The third-order valence-electron chi connectivity index (χ3n) is 7.11. The summed E-state index contributed by atoms with van der Waals surface area (Å²) < 4.78 is 0. The lowest BCUT2D eigenvalue weighted by Gasteiger charge is -2.21. The topological polar surface area (TPSA) is 12.0 Å². The first-order chi connectivity index (χ1) is 13.6. The first-order valence-electron chi connectivity index (χ1n) is 10.4. The van der Waals surface area contributed by atoms with Gasteiger partial charge in [0.2, 0.25) is 0 Å². The molecule has 0 fully saturated rings. The van der Waals surface area contributed by atoms with Gasteiger partial charge in [0.1, 0.15) is 0 Å². The van der Waals surface area contributed by atoms with Crippen LogP contribution in [-0.2, 0) is 5.41 Å². The summed E-state index contributed by atoms with van der Waals surface area (Å²) in [6.45, 7) is 4.68. The van der Waals surface area contributed by atoms with Gasteiger partial charge in [-0.25, -0.2) is 0 Å². The summed E-state index contributed by atoms with van der Waals surface area (Å²) in [7, 11) is 0. The van der Waals surface area contributed by atoms with E-state index in [0.717, 1.165) is 0 Å². The fourth-order valence-corrected chi connectivity index (χ4v) is 5.59. The van der Waals surface area contributed by atoms with E-state index in [-0.39, 0.29) is 5.41 Å². The van der Waals surface area contributed by atoms with Crippen LogP contribution in [0.15, 0.2) is 72.8 Å². The predicted octanol–water partition coefficient (Wildman–Crippen LogP) is 6.89. The molecule has 3 aromatic carbocycles. The molecule has 1 heterocycles. The molecule has 138 valence electrons. The van der Waals surface area contributed by atoms with E-state index in [1.54, 1.807) is 0 Å². The zero-order valence-electron chi connectivity index (χ0n) is 16.5. The smallest absolute Gasteiger partial charge is 0.0514 e. The van der Waals surface area contributed by atoms with Crippen molar-refractivity contribution in [1.29, 1.82) is 0 Å². The van der Waals surface area contributed by atoms with Crippen molar-refractivity contribution in [2.75, 3.05) is 5.32 Å². The van der Waals surface area contributed by atoms with Crippen molar-refractivity contribution in [3.8, 4) is 22.3 Å². The molecule has 1 heteroatoms. The summed E-state index contributed by atoms with van der Waals surface area (Å²) in [4.78, 5) is 0. The molecule has 2 unspecified atom stereocenters. The standard InChI is InChI=1S/C27H25N/c1-27(2)23-9-5-3-7-19(23)21-15-17(11-13-24(21)27)18-12-14-26-22(16-18)20-8-4-6-10-25(20)28-26/h3,5-7,9-16,20,25,28H,4,8H2,1-2H3. The van der Waals surface area contributed by atoms with Crippen LogP contribution < -0.4 is 5.32 Å². The number of nitrogens with one attached hydrogen (secondary N) is 1. The molecule has 0 aromatic heterocycles. The van der Waals surface area contributed by atoms with E-state index in [1.807, 2.05) is 0 Å². The van der Waals surface area contributed by atoms with Gasteiger partial charge in [0.05, 0.1) is 6.04 Å². The van der Waals surface area contributed by atoms with Crippen LogP contribution in [0, 0.1) is 0 Å². The summed E-state index contributed by atoms with van der Waals surface area (Å²) in [6, 6.07) is 23.4. The third kappa shape index (κ3) is 2.13. The van der Waals surface area contributed by atoms with Crippen molar-refractivity contribution >= 4 is 5.69 Å². The Hall–Kier alpha value is -2.80. The second-order valence-corrected chi connectivity index (χ2v) is 9.02. The highest BCUT2D eigenvalue weighted by molar-refractivity contribution is 5.85. The van der Waals surface area contributed by atoms with E-state index in [1.165, 1.54) is 57.5 Å². The van der Waals surface area contributed by atoms with Gasteiger partial charge in [-0.05, 0) is 70.0 Å². The monoisotopic (exact) mass is 363 g/mol. The molecule has 3 aliphatic rings. The molecule has 3 aromatic rings. The Bertz CT molecular complexity index is 1130. The zero-order chi connectivity index (χ0) is 18.9. The van der Waals surface area contributed by atoms with Crippen molar-refractivity contribution in [1.82, 2.24) is 0 Å².